The summed E-state index contributed by atoms with van der Waals surface area (Å²) >= 11 is 12.2. The fourth-order valence-electron chi connectivity index (χ4n) is 3.52. The van der Waals surface area contributed by atoms with Crippen LogP contribution in [0.4, 0.5) is 0 Å². The van der Waals surface area contributed by atoms with Crippen molar-refractivity contribution >= 4 is 38.8 Å². The van der Waals surface area contributed by atoms with Gasteiger partial charge in [-0.1, -0.05) is 23.2 Å². The molecule has 0 radical (unpaired) electrons. The van der Waals surface area contributed by atoms with Gasteiger partial charge in [-0.2, -0.15) is 4.73 Å². The number of hydrogen-bond donors (Lipinski definition) is 0. The highest BCUT2D eigenvalue weighted by molar-refractivity contribution is 7.91. The summed E-state index contributed by atoms with van der Waals surface area (Å²) in [7, 11) is -1.69. The summed E-state index contributed by atoms with van der Waals surface area (Å²) < 4.78 is 41.4. The largest absolute Gasteiger partial charge is 0.619 e. The first kappa shape index (κ1) is 21.0. The van der Waals surface area contributed by atoms with Crippen LogP contribution in [0.3, 0.4) is 0 Å². The average molecular weight is 474 g/mol. The van der Waals surface area contributed by atoms with Crippen molar-refractivity contribution in [1.29, 1.82) is 0 Å². The predicted octanol–water partition coefficient (Wildman–Crippen LogP) is 2.74. The number of carbonyl (C=O) groups is 1. The Morgan fingerprint density at radius 1 is 1.17 bits per heavy atom. The number of Topliss-reactive ketones (excluding diaryl/α,β-unsaturated/α-hetero) is 1. The Morgan fingerprint density at radius 3 is 2.37 bits per heavy atom. The highest BCUT2D eigenvalue weighted by Crippen LogP contribution is 2.51. The molecule has 2 aromatic rings. The van der Waals surface area contributed by atoms with Gasteiger partial charge < -0.3 is 19.4 Å². The van der Waals surface area contributed by atoms with Crippen molar-refractivity contribution < 1.29 is 32.2 Å². The molecule has 8 nitrogen and oxygen atoms in total. The topological polar surface area (TPSA) is 106 Å². The van der Waals surface area contributed by atoms with Gasteiger partial charge in [-0.3, -0.25) is 4.79 Å². The molecule has 0 N–H and O–H groups in total. The summed E-state index contributed by atoms with van der Waals surface area (Å²) in [5.74, 6) is -0.840. The van der Waals surface area contributed by atoms with Gasteiger partial charge in [-0.25, -0.2) is 8.42 Å². The van der Waals surface area contributed by atoms with E-state index in [1.807, 2.05) is 0 Å². The number of aromatic nitrogens is 1. The van der Waals surface area contributed by atoms with E-state index in [1.54, 1.807) is 12.1 Å². The van der Waals surface area contributed by atoms with Gasteiger partial charge in [-0.15, -0.1) is 0 Å². The van der Waals surface area contributed by atoms with Crippen LogP contribution in [0, 0.1) is 5.21 Å². The van der Waals surface area contributed by atoms with E-state index in [1.165, 1.54) is 7.11 Å². The molecule has 1 fully saturated rings. The van der Waals surface area contributed by atoms with Gasteiger partial charge in [0.15, 0.2) is 39.5 Å². The van der Waals surface area contributed by atoms with E-state index in [9.17, 15) is 18.4 Å². The Labute approximate surface area is 182 Å². The standard InChI is InChI=1S/C19H17Cl2NO7S/c1-27-16-3-2-11(15(23)8-12-13(20)9-22(24)10-14(12)21)17-18(16)29-19(28-17)4-6-30(25,26)7-5-19/h2-3,9-10H,4-8H2,1H3. The van der Waals surface area contributed by atoms with Gasteiger partial charge in [0.1, 0.15) is 10.0 Å². The van der Waals surface area contributed by atoms with E-state index >= 15 is 0 Å². The number of fused-ring (bicyclic) bond motifs is 1. The minimum atomic E-state index is -3.14. The SMILES string of the molecule is COc1ccc(C(=O)Cc2c(Cl)c[n+]([O-])cc2Cl)c2c1OC1(CCS(=O)(=O)CC1)O2. The molecule has 1 aromatic carbocycles. The molecule has 0 atom stereocenters. The second kappa shape index (κ2) is 7.47. The number of ketones is 1. The van der Waals surface area contributed by atoms with Crippen molar-refractivity contribution in [1.82, 2.24) is 0 Å². The molecular weight excluding hydrogens is 457 g/mol. The third kappa shape index (κ3) is 3.77. The number of ether oxygens (including phenoxy) is 3. The van der Waals surface area contributed by atoms with Gasteiger partial charge in [0.2, 0.25) is 5.75 Å². The van der Waals surface area contributed by atoms with E-state index < -0.39 is 15.6 Å². The molecule has 3 heterocycles. The zero-order valence-corrected chi connectivity index (χ0v) is 18.1. The Bertz CT molecular complexity index is 1110. The zero-order valence-electron chi connectivity index (χ0n) is 15.8. The number of carbonyl (C=O) groups excluding carboxylic acids is 1. The maximum atomic E-state index is 13.1. The van der Waals surface area contributed by atoms with Crippen molar-refractivity contribution in [2.24, 2.45) is 0 Å². The third-order valence-electron chi connectivity index (χ3n) is 5.16. The summed E-state index contributed by atoms with van der Waals surface area (Å²) in [6.07, 6.45) is 2.35. The summed E-state index contributed by atoms with van der Waals surface area (Å²) in [6, 6.07) is 3.12. The van der Waals surface area contributed by atoms with Crippen molar-refractivity contribution in [2.45, 2.75) is 25.0 Å². The van der Waals surface area contributed by atoms with Crippen molar-refractivity contribution in [3.05, 3.63) is 50.9 Å². The third-order valence-corrected chi connectivity index (χ3v) is 7.46. The minimum Gasteiger partial charge on any atom is -0.619 e. The number of nitrogens with zero attached hydrogens (tertiary/aromatic N) is 1. The first-order chi connectivity index (χ1) is 14.1. The van der Waals surface area contributed by atoms with E-state index in [0.717, 1.165) is 12.4 Å². The van der Waals surface area contributed by atoms with Crippen LogP contribution in [0.5, 0.6) is 17.2 Å². The molecule has 30 heavy (non-hydrogen) atoms. The summed E-state index contributed by atoms with van der Waals surface area (Å²) in [4.78, 5) is 13.1. The van der Waals surface area contributed by atoms with Gasteiger partial charge in [0.05, 0.1) is 24.2 Å². The molecule has 1 spiro atoms. The molecule has 1 aromatic heterocycles. The predicted molar refractivity (Wildman–Crippen MR) is 108 cm³/mol. The van der Waals surface area contributed by atoms with E-state index in [0.29, 0.717) is 16.0 Å². The highest BCUT2D eigenvalue weighted by Gasteiger charge is 2.48. The fourth-order valence-corrected chi connectivity index (χ4v) is 5.55. The van der Waals surface area contributed by atoms with Crippen LogP contribution in [-0.2, 0) is 16.3 Å². The average Bonchev–Trinajstić information content (AvgIpc) is 3.06. The second-order valence-corrected chi connectivity index (χ2v) is 10.3. The molecule has 2 aliphatic rings. The molecule has 2 aliphatic heterocycles. The van der Waals surface area contributed by atoms with Gasteiger partial charge in [0.25, 0.3) is 5.79 Å². The van der Waals surface area contributed by atoms with Crippen LogP contribution < -0.4 is 18.9 Å². The van der Waals surface area contributed by atoms with Crippen molar-refractivity contribution in [2.75, 3.05) is 18.6 Å². The summed E-state index contributed by atoms with van der Waals surface area (Å²) in [6.45, 7) is 0. The Morgan fingerprint density at radius 2 is 1.77 bits per heavy atom. The normalized spacial score (nSPS) is 18.4. The lowest BCUT2D eigenvalue weighted by atomic mass is 10.0. The number of methoxy groups -OCH3 is 1. The van der Waals surface area contributed by atoms with Gasteiger partial charge in [-0.05, 0) is 12.1 Å². The molecule has 0 unspecified atom stereocenters. The number of pyridine rings is 1. The van der Waals surface area contributed by atoms with Crippen LogP contribution in [-0.4, -0.2) is 38.6 Å². The number of hydrogen-bond acceptors (Lipinski definition) is 7. The number of halogens is 2. The number of benzene rings is 1. The molecular formula is C19H17Cl2NO7S. The highest BCUT2D eigenvalue weighted by atomic mass is 35.5. The molecule has 1 saturated heterocycles. The Kier molecular flexibility index (Phi) is 5.24. The van der Waals surface area contributed by atoms with Gasteiger partial charge in [0, 0.05) is 24.8 Å². The molecule has 0 amide bonds. The van der Waals surface area contributed by atoms with Crippen LogP contribution in [0.25, 0.3) is 0 Å². The van der Waals surface area contributed by atoms with E-state index in [-0.39, 0.29) is 63.7 Å². The summed E-state index contributed by atoms with van der Waals surface area (Å²) in [5.41, 5.74) is 0.541. The molecule has 0 bridgehead atoms. The second-order valence-electron chi connectivity index (χ2n) is 7.13. The first-order valence-corrected chi connectivity index (χ1v) is 11.6. The zero-order chi connectivity index (χ0) is 21.7. The van der Waals surface area contributed by atoms with Crippen molar-refractivity contribution in [3.8, 4) is 17.2 Å². The smallest absolute Gasteiger partial charge is 0.253 e. The lowest BCUT2D eigenvalue weighted by molar-refractivity contribution is -0.605. The first-order valence-electron chi connectivity index (χ1n) is 9.02. The van der Waals surface area contributed by atoms with Crippen LogP contribution in [0.1, 0.15) is 28.8 Å². The lowest BCUT2D eigenvalue weighted by Crippen LogP contribution is -2.46. The van der Waals surface area contributed by atoms with E-state index in [2.05, 4.69) is 0 Å². The Balaban J connectivity index is 1.68. The van der Waals surface area contributed by atoms with Crippen molar-refractivity contribution in [3.63, 3.8) is 0 Å². The van der Waals surface area contributed by atoms with Crippen LogP contribution in [0.2, 0.25) is 10.0 Å². The maximum Gasteiger partial charge on any atom is 0.253 e. The Hall–Kier alpha value is -2.23. The minimum absolute atomic E-state index is 0.0714. The van der Waals surface area contributed by atoms with Crippen LogP contribution >= 0.6 is 23.2 Å². The molecule has 160 valence electrons. The molecule has 11 heteroatoms. The molecule has 0 aliphatic carbocycles. The lowest BCUT2D eigenvalue weighted by Gasteiger charge is -2.31. The maximum absolute atomic E-state index is 13.1. The molecule has 0 saturated carbocycles. The van der Waals surface area contributed by atoms with Crippen LogP contribution in [0.15, 0.2) is 24.5 Å². The van der Waals surface area contributed by atoms with E-state index in [4.69, 9.17) is 37.4 Å². The summed E-state index contributed by atoms with van der Waals surface area (Å²) in [5, 5.41) is 11.6. The quantitative estimate of drug-likeness (QED) is 0.381. The monoisotopic (exact) mass is 473 g/mol. The number of rotatable bonds is 4. The molecule has 4 rings (SSSR count). The van der Waals surface area contributed by atoms with Gasteiger partial charge >= 0.3 is 0 Å². The number of sulfone groups is 1. The fraction of sp³-hybridized carbons (Fsp3) is 0.368.